The van der Waals surface area contributed by atoms with E-state index in [0.29, 0.717) is 27.9 Å². The smallest absolute Gasteiger partial charge is 0.255 e. The number of nitrogens with zero attached hydrogens (tertiary/aromatic N) is 1. The molecule has 1 N–H and O–H groups in total. The molecule has 2 aromatic rings. The zero-order chi connectivity index (χ0) is 19.8. The van der Waals surface area contributed by atoms with Gasteiger partial charge in [0.2, 0.25) is 5.91 Å². The SMILES string of the molecule is CC1=C(c2ccccc2)C(=O)N(C(C)(C)C(=O)Nc2cc(Cl)ccc2Cl)C1. The predicted octanol–water partition coefficient (Wildman–Crippen LogP) is 5.03. The summed E-state index contributed by atoms with van der Waals surface area (Å²) in [4.78, 5) is 27.6. The van der Waals surface area contributed by atoms with E-state index in [1.165, 1.54) is 0 Å². The van der Waals surface area contributed by atoms with Crippen LogP contribution in [0.5, 0.6) is 0 Å². The van der Waals surface area contributed by atoms with Crippen molar-refractivity contribution < 1.29 is 9.59 Å². The summed E-state index contributed by atoms with van der Waals surface area (Å²) in [5.41, 5.74) is 1.80. The quantitative estimate of drug-likeness (QED) is 0.779. The average molecular weight is 403 g/mol. The molecule has 1 aliphatic heterocycles. The van der Waals surface area contributed by atoms with Crippen LogP contribution in [0.1, 0.15) is 26.3 Å². The summed E-state index contributed by atoms with van der Waals surface area (Å²) in [6.45, 7) is 5.76. The second-order valence-corrected chi connectivity index (χ2v) is 7.89. The van der Waals surface area contributed by atoms with Crippen LogP contribution < -0.4 is 5.32 Å². The number of hydrogen-bond acceptors (Lipinski definition) is 2. The number of rotatable bonds is 4. The second kappa shape index (κ2) is 7.37. The first kappa shape index (κ1) is 19.5. The summed E-state index contributed by atoms with van der Waals surface area (Å²) in [6.07, 6.45) is 0. The number of carbonyl (C=O) groups is 2. The Balaban J connectivity index is 1.84. The molecule has 1 aliphatic rings. The number of halogens is 2. The van der Waals surface area contributed by atoms with Crippen LogP contribution in [-0.2, 0) is 9.59 Å². The van der Waals surface area contributed by atoms with Gasteiger partial charge in [0.15, 0.2) is 0 Å². The molecular formula is C21H20Cl2N2O2. The highest BCUT2D eigenvalue weighted by molar-refractivity contribution is 6.35. The van der Waals surface area contributed by atoms with Gasteiger partial charge >= 0.3 is 0 Å². The van der Waals surface area contributed by atoms with E-state index in [1.807, 2.05) is 37.3 Å². The lowest BCUT2D eigenvalue weighted by molar-refractivity contribution is -0.137. The maximum absolute atomic E-state index is 13.1. The maximum atomic E-state index is 13.1. The molecule has 0 unspecified atom stereocenters. The van der Waals surface area contributed by atoms with Crippen molar-refractivity contribution in [2.45, 2.75) is 26.3 Å². The Bertz CT molecular complexity index is 936. The van der Waals surface area contributed by atoms with E-state index in [4.69, 9.17) is 23.2 Å². The summed E-state index contributed by atoms with van der Waals surface area (Å²) in [5, 5.41) is 3.64. The van der Waals surface area contributed by atoms with Crippen molar-refractivity contribution in [2.24, 2.45) is 0 Å². The topological polar surface area (TPSA) is 49.4 Å². The zero-order valence-electron chi connectivity index (χ0n) is 15.3. The van der Waals surface area contributed by atoms with Crippen LogP contribution in [0.25, 0.3) is 5.57 Å². The third-order valence-corrected chi connectivity index (χ3v) is 5.32. The van der Waals surface area contributed by atoms with Gasteiger partial charge in [0.25, 0.3) is 5.91 Å². The van der Waals surface area contributed by atoms with Gasteiger partial charge in [-0.2, -0.15) is 0 Å². The Morgan fingerprint density at radius 3 is 2.44 bits per heavy atom. The molecule has 0 saturated heterocycles. The van der Waals surface area contributed by atoms with Gasteiger partial charge in [0.05, 0.1) is 10.7 Å². The van der Waals surface area contributed by atoms with Crippen molar-refractivity contribution in [1.29, 1.82) is 0 Å². The Kier molecular flexibility index (Phi) is 5.31. The number of nitrogens with one attached hydrogen (secondary N) is 1. The highest BCUT2D eigenvalue weighted by Gasteiger charge is 2.43. The van der Waals surface area contributed by atoms with Crippen molar-refractivity contribution in [3.8, 4) is 0 Å². The number of amides is 2. The first-order valence-electron chi connectivity index (χ1n) is 8.55. The summed E-state index contributed by atoms with van der Waals surface area (Å²) < 4.78 is 0. The molecule has 140 valence electrons. The summed E-state index contributed by atoms with van der Waals surface area (Å²) >= 11 is 12.1. The van der Waals surface area contributed by atoms with Gasteiger partial charge < -0.3 is 10.2 Å². The van der Waals surface area contributed by atoms with Gasteiger partial charge in [-0.15, -0.1) is 0 Å². The van der Waals surface area contributed by atoms with Gasteiger partial charge in [-0.05, 0) is 50.1 Å². The Hall–Kier alpha value is -2.30. The second-order valence-electron chi connectivity index (χ2n) is 7.05. The Morgan fingerprint density at radius 2 is 1.78 bits per heavy atom. The minimum Gasteiger partial charge on any atom is -0.323 e. The number of anilines is 1. The van der Waals surface area contributed by atoms with Gasteiger partial charge in [0, 0.05) is 17.1 Å². The van der Waals surface area contributed by atoms with E-state index in [2.05, 4.69) is 5.32 Å². The largest absolute Gasteiger partial charge is 0.323 e. The molecule has 0 aromatic heterocycles. The van der Waals surface area contributed by atoms with E-state index in [0.717, 1.165) is 11.1 Å². The number of carbonyl (C=O) groups excluding carboxylic acids is 2. The Labute approximate surface area is 168 Å². The predicted molar refractivity (Wildman–Crippen MR) is 110 cm³/mol. The average Bonchev–Trinajstić information content (AvgIpc) is 2.94. The van der Waals surface area contributed by atoms with Crippen molar-refractivity contribution in [2.75, 3.05) is 11.9 Å². The van der Waals surface area contributed by atoms with Crippen LogP contribution in [0, 0.1) is 0 Å². The lowest BCUT2D eigenvalue weighted by Crippen LogP contribution is -2.53. The summed E-state index contributed by atoms with van der Waals surface area (Å²) in [5.74, 6) is -0.488. The fourth-order valence-corrected chi connectivity index (χ4v) is 3.46. The van der Waals surface area contributed by atoms with E-state index in [1.54, 1.807) is 36.9 Å². The minimum atomic E-state index is -1.07. The van der Waals surface area contributed by atoms with E-state index in [9.17, 15) is 9.59 Å². The van der Waals surface area contributed by atoms with Crippen LogP contribution >= 0.6 is 23.2 Å². The standard InChI is InChI=1S/C21H20Cl2N2O2/c1-13-12-25(19(26)18(13)14-7-5-4-6-8-14)21(2,3)20(27)24-17-11-15(22)9-10-16(17)23/h4-11H,12H2,1-3H3,(H,24,27). The van der Waals surface area contributed by atoms with Crippen LogP contribution in [0.15, 0.2) is 54.1 Å². The molecule has 0 bridgehead atoms. The monoisotopic (exact) mass is 402 g/mol. The third-order valence-electron chi connectivity index (χ3n) is 4.75. The highest BCUT2D eigenvalue weighted by atomic mass is 35.5. The van der Waals surface area contributed by atoms with Crippen LogP contribution in [0.3, 0.4) is 0 Å². The molecule has 0 atom stereocenters. The van der Waals surface area contributed by atoms with Gasteiger partial charge in [0.1, 0.15) is 5.54 Å². The molecule has 4 nitrogen and oxygen atoms in total. The number of hydrogen-bond donors (Lipinski definition) is 1. The summed E-state index contributed by atoms with van der Waals surface area (Å²) in [6, 6.07) is 14.3. The molecule has 2 aromatic carbocycles. The van der Waals surface area contributed by atoms with Crippen LogP contribution in [0.4, 0.5) is 5.69 Å². The fraction of sp³-hybridized carbons (Fsp3) is 0.238. The zero-order valence-corrected chi connectivity index (χ0v) is 16.9. The van der Waals surface area contributed by atoms with E-state index >= 15 is 0 Å². The maximum Gasteiger partial charge on any atom is 0.255 e. The summed E-state index contributed by atoms with van der Waals surface area (Å²) in [7, 11) is 0. The minimum absolute atomic E-state index is 0.156. The molecule has 6 heteroatoms. The lowest BCUT2D eigenvalue weighted by Gasteiger charge is -2.34. The van der Waals surface area contributed by atoms with Crippen LogP contribution in [-0.4, -0.2) is 28.8 Å². The lowest BCUT2D eigenvalue weighted by atomic mass is 10.00. The molecular weight excluding hydrogens is 383 g/mol. The molecule has 0 spiro atoms. The Morgan fingerprint density at radius 1 is 1.11 bits per heavy atom. The first-order valence-corrected chi connectivity index (χ1v) is 9.31. The first-order chi connectivity index (χ1) is 12.7. The molecule has 27 heavy (non-hydrogen) atoms. The third kappa shape index (κ3) is 3.73. The molecule has 1 heterocycles. The molecule has 0 aliphatic carbocycles. The van der Waals surface area contributed by atoms with Gasteiger partial charge in [-0.3, -0.25) is 9.59 Å². The van der Waals surface area contributed by atoms with Crippen molar-refractivity contribution in [3.63, 3.8) is 0 Å². The molecule has 0 radical (unpaired) electrons. The van der Waals surface area contributed by atoms with E-state index < -0.39 is 5.54 Å². The van der Waals surface area contributed by atoms with Crippen molar-refractivity contribution in [3.05, 3.63) is 69.7 Å². The molecule has 0 saturated carbocycles. The fourth-order valence-electron chi connectivity index (χ4n) is 3.12. The molecule has 3 rings (SSSR count). The van der Waals surface area contributed by atoms with E-state index in [-0.39, 0.29) is 11.8 Å². The van der Waals surface area contributed by atoms with Crippen LogP contribution in [0.2, 0.25) is 10.0 Å². The van der Waals surface area contributed by atoms with Gasteiger partial charge in [-0.1, -0.05) is 53.5 Å². The van der Waals surface area contributed by atoms with Crippen molar-refractivity contribution in [1.82, 2.24) is 4.90 Å². The highest BCUT2D eigenvalue weighted by Crippen LogP contribution is 2.34. The molecule has 0 fully saturated rings. The molecule has 2 amide bonds. The van der Waals surface area contributed by atoms with Crippen molar-refractivity contribution >= 4 is 46.3 Å². The van der Waals surface area contributed by atoms with Gasteiger partial charge in [-0.25, -0.2) is 0 Å². The normalized spacial score (nSPS) is 14.7. The number of benzene rings is 2.